The molecule has 0 fully saturated rings. The first-order valence-corrected chi connectivity index (χ1v) is 6.56. The normalized spacial score (nSPS) is 10.3. The summed E-state index contributed by atoms with van der Waals surface area (Å²) in [4.78, 5) is 8.54. The third-order valence-electron chi connectivity index (χ3n) is 1.64. The Morgan fingerprint density at radius 1 is 0.867 bits per heavy atom. The van der Waals surface area contributed by atoms with Crippen molar-refractivity contribution < 1.29 is 0 Å². The van der Waals surface area contributed by atoms with Gasteiger partial charge in [-0.15, -0.1) is 0 Å². The first kappa shape index (κ1) is 11.1. The van der Waals surface area contributed by atoms with Crippen molar-refractivity contribution in [3.8, 4) is 0 Å². The van der Waals surface area contributed by atoms with Crippen LogP contribution in [0, 0.1) is 0 Å². The van der Waals surface area contributed by atoms with Gasteiger partial charge in [-0.25, -0.2) is 9.97 Å². The fraction of sp³-hybridized carbons (Fsp3) is 0. The highest BCUT2D eigenvalue weighted by molar-refractivity contribution is 9.11. The molecule has 0 saturated carbocycles. The lowest BCUT2D eigenvalue weighted by Crippen LogP contribution is -1.84. The van der Waals surface area contributed by atoms with Crippen molar-refractivity contribution in [1.29, 1.82) is 0 Å². The summed E-state index contributed by atoms with van der Waals surface area (Å²) in [5.41, 5.74) is 0. The van der Waals surface area contributed by atoms with Crippen molar-refractivity contribution in [3.05, 3.63) is 45.6 Å². The monoisotopic (exact) mass is 344 g/mol. The molecule has 0 bridgehead atoms. The van der Waals surface area contributed by atoms with Crippen LogP contribution in [0.3, 0.4) is 0 Å². The van der Waals surface area contributed by atoms with Crippen LogP contribution in [0.1, 0.15) is 0 Å². The second-order valence-corrected chi connectivity index (χ2v) is 5.37. The SMILES string of the molecule is Brc1cccnc1Sc1ncccc1Br. The van der Waals surface area contributed by atoms with Crippen LogP contribution in [0.2, 0.25) is 0 Å². The van der Waals surface area contributed by atoms with E-state index in [1.54, 1.807) is 12.4 Å². The Labute approximate surface area is 109 Å². The van der Waals surface area contributed by atoms with Crippen LogP contribution in [0.25, 0.3) is 0 Å². The van der Waals surface area contributed by atoms with E-state index in [1.165, 1.54) is 11.8 Å². The summed E-state index contributed by atoms with van der Waals surface area (Å²) >= 11 is 8.43. The van der Waals surface area contributed by atoms with Crippen molar-refractivity contribution in [3.63, 3.8) is 0 Å². The molecule has 0 aliphatic carbocycles. The highest BCUT2D eigenvalue weighted by atomic mass is 79.9. The second-order valence-electron chi connectivity index (χ2n) is 2.68. The summed E-state index contributed by atoms with van der Waals surface area (Å²) in [5, 5.41) is 1.83. The number of hydrogen-bond acceptors (Lipinski definition) is 3. The molecule has 0 saturated heterocycles. The Hall–Kier alpha value is -0.390. The lowest BCUT2D eigenvalue weighted by atomic mass is 10.5. The van der Waals surface area contributed by atoms with Crippen molar-refractivity contribution >= 4 is 43.6 Å². The van der Waals surface area contributed by atoms with Gasteiger partial charge in [0.2, 0.25) is 0 Å². The van der Waals surface area contributed by atoms with E-state index in [4.69, 9.17) is 0 Å². The summed E-state index contributed by atoms with van der Waals surface area (Å²) in [7, 11) is 0. The van der Waals surface area contributed by atoms with Gasteiger partial charge in [-0.05, 0) is 67.9 Å². The van der Waals surface area contributed by atoms with E-state index in [2.05, 4.69) is 41.8 Å². The van der Waals surface area contributed by atoms with Gasteiger partial charge in [0.1, 0.15) is 10.1 Å². The fourth-order valence-corrected chi connectivity index (χ4v) is 2.72. The molecule has 2 aromatic heterocycles. The first-order chi connectivity index (χ1) is 7.27. The molecule has 2 aromatic rings. The Balaban J connectivity index is 2.30. The van der Waals surface area contributed by atoms with E-state index in [-0.39, 0.29) is 0 Å². The van der Waals surface area contributed by atoms with E-state index in [0.717, 1.165) is 19.0 Å². The summed E-state index contributed by atoms with van der Waals surface area (Å²) in [6.45, 7) is 0. The van der Waals surface area contributed by atoms with Crippen LogP contribution >= 0.6 is 43.6 Å². The number of hydrogen-bond donors (Lipinski definition) is 0. The summed E-state index contributed by atoms with van der Waals surface area (Å²) in [6, 6.07) is 7.71. The second kappa shape index (κ2) is 5.09. The molecule has 15 heavy (non-hydrogen) atoms. The van der Waals surface area contributed by atoms with Crippen LogP contribution in [-0.2, 0) is 0 Å². The van der Waals surface area contributed by atoms with Gasteiger partial charge in [-0.2, -0.15) is 0 Å². The minimum Gasteiger partial charge on any atom is -0.248 e. The van der Waals surface area contributed by atoms with Gasteiger partial charge >= 0.3 is 0 Å². The van der Waals surface area contributed by atoms with E-state index < -0.39 is 0 Å². The minimum atomic E-state index is 0.914. The highest BCUT2D eigenvalue weighted by Gasteiger charge is 2.06. The molecule has 0 N–H and O–H groups in total. The van der Waals surface area contributed by atoms with Crippen LogP contribution in [0.15, 0.2) is 55.7 Å². The van der Waals surface area contributed by atoms with Gasteiger partial charge in [0.25, 0.3) is 0 Å². The van der Waals surface area contributed by atoms with Crippen LogP contribution in [0.4, 0.5) is 0 Å². The zero-order valence-corrected chi connectivity index (χ0v) is 11.5. The number of halogens is 2. The average Bonchev–Trinajstić information content (AvgIpc) is 2.24. The van der Waals surface area contributed by atoms with Crippen LogP contribution in [-0.4, -0.2) is 9.97 Å². The summed E-state index contributed by atoms with van der Waals surface area (Å²) in [6.07, 6.45) is 3.54. The number of aromatic nitrogens is 2. The number of pyridine rings is 2. The van der Waals surface area contributed by atoms with Gasteiger partial charge in [0.05, 0.1) is 8.95 Å². The van der Waals surface area contributed by atoms with E-state index in [0.29, 0.717) is 0 Å². The molecule has 0 spiro atoms. The Bertz CT molecular complexity index is 433. The van der Waals surface area contributed by atoms with Gasteiger partial charge < -0.3 is 0 Å². The van der Waals surface area contributed by atoms with Crippen LogP contribution < -0.4 is 0 Å². The maximum Gasteiger partial charge on any atom is 0.116 e. The molecular weight excluding hydrogens is 340 g/mol. The lowest BCUT2D eigenvalue weighted by Gasteiger charge is -2.03. The molecule has 2 nitrogen and oxygen atoms in total. The third-order valence-corrected chi connectivity index (χ3v) is 4.48. The van der Waals surface area contributed by atoms with Crippen molar-refractivity contribution in [2.45, 2.75) is 10.1 Å². The molecule has 0 atom stereocenters. The van der Waals surface area contributed by atoms with Gasteiger partial charge in [0, 0.05) is 12.4 Å². The molecule has 5 heteroatoms. The predicted octanol–water partition coefficient (Wildman–Crippen LogP) is 4.15. The Morgan fingerprint density at radius 3 is 1.73 bits per heavy atom. The maximum atomic E-state index is 4.27. The smallest absolute Gasteiger partial charge is 0.116 e. The average molecular weight is 346 g/mol. The van der Waals surface area contributed by atoms with E-state index in [9.17, 15) is 0 Å². The molecule has 0 aliphatic rings. The predicted molar refractivity (Wildman–Crippen MR) is 68.0 cm³/mol. The summed E-state index contributed by atoms with van der Waals surface area (Å²) < 4.78 is 1.96. The van der Waals surface area contributed by atoms with Gasteiger partial charge in [-0.1, -0.05) is 0 Å². The molecular formula is C10H6Br2N2S. The standard InChI is InChI=1S/C10H6Br2N2S/c11-7-3-1-5-13-9(7)15-10-8(12)4-2-6-14-10/h1-6H. The van der Waals surface area contributed by atoms with Gasteiger partial charge in [-0.3, -0.25) is 0 Å². The van der Waals surface area contributed by atoms with E-state index >= 15 is 0 Å². The lowest BCUT2D eigenvalue weighted by molar-refractivity contribution is 1.07. The molecule has 0 radical (unpaired) electrons. The van der Waals surface area contributed by atoms with Crippen molar-refractivity contribution in [2.75, 3.05) is 0 Å². The molecule has 2 heterocycles. The molecule has 0 aromatic carbocycles. The van der Waals surface area contributed by atoms with E-state index in [1.807, 2.05) is 24.3 Å². The zero-order valence-electron chi connectivity index (χ0n) is 7.52. The maximum absolute atomic E-state index is 4.27. The van der Waals surface area contributed by atoms with Crippen molar-refractivity contribution in [1.82, 2.24) is 9.97 Å². The molecule has 0 aliphatic heterocycles. The van der Waals surface area contributed by atoms with Crippen LogP contribution in [0.5, 0.6) is 0 Å². The quantitative estimate of drug-likeness (QED) is 0.817. The topological polar surface area (TPSA) is 25.8 Å². The molecule has 76 valence electrons. The van der Waals surface area contributed by atoms with Gasteiger partial charge in [0.15, 0.2) is 0 Å². The Morgan fingerprint density at radius 2 is 1.33 bits per heavy atom. The van der Waals surface area contributed by atoms with Crippen molar-refractivity contribution in [2.24, 2.45) is 0 Å². The largest absolute Gasteiger partial charge is 0.248 e. The zero-order chi connectivity index (χ0) is 10.7. The minimum absolute atomic E-state index is 0.914. The third kappa shape index (κ3) is 2.80. The summed E-state index contributed by atoms with van der Waals surface area (Å²) in [5.74, 6) is 0. The molecule has 2 rings (SSSR count). The highest BCUT2D eigenvalue weighted by Crippen LogP contribution is 2.33. The first-order valence-electron chi connectivity index (χ1n) is 4.16. The number of rotatable bonds is 2. The Kier molecular flexibility index (Phi) is 3.77. The molecule has 0 amide bonds. The fourth-order valence-electron chi connectivity index (χ4n) is 0.984. The number of nitrogens with zero attached hydrogens (tertiary/aromatic N) is 2. The molecule has 0 unspecified atom stereocenters.